The van der Waals surface area contributed by atoms with Crippen molar-refractivity contribution in [1.29, 1.82) is 0 Å². The van der Waals surface area contributed by atoms with Crippen LogP contribution in [0.4, 0.5) is 16.5 Å². The third-order valence-electron chi connectivity index (χ3n) is 4.89. The minimum atomic E-state index is -0.752. The molecule has 0 N–H and O–H groups in total. The van der Waals surface area contributed by atoms with Crippen molar-refractivity contribution in [2.45, 2.75) is 13.8 Å². The molecule has 170 valence electrons. The summed E-state index contributed by atoms with van der Waals surface area (Å²) in [7, 11) is 3.71. The third kappa shape index (κ3) is 5.18. The highest BCUT2D eigenvalue weighted by Crippen LogP contribution is 2.33. The normalized spacial score (nSPS) is 10.8. The summed E-state index contributed by atoms with van der Waals surface area (Å²) in [6, 6.07) is 6.87. The zero-order valence-electron chi connectivity index (χ0n) is 17.9. The van der Waals surface area contributed by atoms with Crippen LogP contribution in [0.25, 0.3) is 10.2 Å². The Morgan fingerprint density at radius 2 is 1.62 bits per heavy atom. The number of nitro groups is 2. The number of benzene rings is 2. The summed E-state index contributed by atoms with van der Waals surface area (Å²) in [4.78, 5) is 42.3. The lowest BCUT2D eigenvalue weighted by atomic mass is 10.1. The molecule has 1 heterocycles. The SMILES string of the molecule is Cc1ccc2sc(N(CCN(C)C)C(=O)c3cc([N+](=O)[O-])cc([N+](=O)[O-])c3)nc2c1C.Cl. The number of rotatable bonds is 7. The Kier molecular flexibility index (Phi) is 7.83. The van der Waals surface area contributed by atoms with Crippen LogP contribution in [0.1, 0.15) is 21.5 Å². The summed E-state index contributed by atoms with van der Waals surface area (Å²) in [5, 5.41) is 22.9. The molecule has 0 saturated carbocycles. The first-order chi connectivity index (χ1) is 14.6. The van der Waals surface area contributed by atoms with Crippen molar-refractivity contribution >= 4 is 56.4 Å². The molecule has 1 aromatic heterocycles. The van der Waals surface area contributed by atoms with Gasteiger partial charge in [0.1, 0.15) is 0 Å². The average Bonchev–Trinajstić information content (AvgIpc) is 3.14. The summed E-state index contributed by atoms with van der Waals surface area (Å²) >= 11 is 1.33. The number of carbonyl (C=O) groups is 1. The largest absolute Gasteiger partial charge is 0.308 e. The maximum atomic E-state index is 13.4. The van der Waals surface area contributed by atoms with Gasteiger partial charge >= 0.3 is 0 Å². The lowest BCUT2D eigenvalue weighted by Crippen LogP contribution is -2.36. The minimum absolute atomic E-state index is 0. The first-order valence-electron chi connectivity index (χ1n) is 9.35. The number of likely N-dealkylation sites (N-methyl/N-ethyl adjacent to an activating group) is 1. The first-order valence-corrected chi connectivity index (χ1v) is 10.2. The van der Waals surface area contributed by atoms with Crippen molar-refractivity contribution in [3.05, 3.63) is 67.3 Å². The van der Waals surface area contributed by atoms with Gasteiger partial charge in [-0.15, -0.1) is 12.4 Å². The Morgan fingerprint density at radius 1 is 1.03 bits per heavy atom. The van der Waals surface area contributed by atoms with Crippen LogP contribution < -0.4 is 4.90 Å². The van der Waals surface area contributed by atoms with E-state index in [2.05, 4.69) is 4.98 Å². The number of aryl methyl sites for hydroxylation is 2. The van der Waals surface area contributed by atoms with Gasteiger partial charge in [-0.05, 0) is 45.1 Å². The molecule has 0 spiro atoms. The van der Waals surface area contributed by atoms with Gasteiger partial charge in [-0.2, -0.15) is 0 Å². The Balaban J connectivity index is 0.00000363. The molecule has 3 rings (SSSR count). The van der Waals surface area contributed by atoms with E-state index in [9.17, 15) is 25.0 Å². The highest BCUT2D eigenvalue weighted by atomic mass is 35.5. The van der Waals surface area contributed by atoms with Crippen LogP contribution >= 0.6 is 23.7 Å². The van der Waals surface area contributed by atoms with E-state index < -0.39 is 27.1 Å². The van der Waals surface area contributed by atoms with Gasteiger partial charge in [0.2, 0.25) is 0 Å². The number of nitrogens with zero attached hydrogens (tertiary/aromatic N) is 5. The molecule has 0 unspecified atom stereocenters. The van der Waals surface area contributed by atoms with Gasteiger partial charge in [0.15, 0.2) is 5.13 Å². The van der Waals surface area contributed by atoms with Crippen LogP contribution in [0.2, 0.25) is 0 Å². The summed E-state index contributed by atoms with van der Waals surface area (Å²) < 4.78 is 0.908. The lowest BCUT2D eigenvalue weighted by Gasteiger charge is -2.22. The predicted molar refractivity (Wildman–Crippen MR) is 126 cm³/mol. The maximum Gasteiger partial charge on any atom is 0.277 e. The molecule has 32 heavy (non-hydrogen) atoms. The second-order valence-corrected chi connectivity index (χ2v) is 8.37. The highest BCUT2D eigenvalue weighted by Gasteiger charge is 2.26. The van der Waals surface area contributed by atoms with Crippen LogP contribution in [-0.2, 0) is 0 Å². The lowest BCUT2D eigenvalue weighted by molar-refractivity contribution is -0.394. The molecule has 10 nitrogen and oxygen atoms in total. The van der Waals surface area contributed by atoms with E-state index in [1.165, 1.54) is 16.2 Å². The number of anilines is 1. The van der Waals surface area contributed by atoms with Crippen LogP contribution in [0.3, 0.4) is 0 Å². The number of hydrogen-bond donors (Lipinski definition) is 0. The average molecular weight is 480 g/mol. The molecule has 2 aromatic carbocycles. The van der Waals surface area contributed by atoms with Gasteiger partial charge in [-0.3, -0.25) is 29.9 Å². The van der Waals surface area contributed by atoms with Crippen molar-refractivity contribution in [1.82, 2.24) is 9.88 Å². The molecule has 0 bridgehead atoms. The number of carbonyl (C=O) groups excluding carboxylic acids is 1. The van der Waals surface area contributed by atoms with Gasteiger partial charge < -0.3 is 4.90 Å². The standard InChI is InChI=1S/C20H21N5O5S.ClH/c1-12-5-6-17-18(13(12)2)21-20(31-17)23(8-7-22(3)4)19(26)14-9-15(24(27)28)11-16(10-14)25(29)30;/h5-6,9-11H,7-8H2,1-4H3;1H. The van der Waals surface area contributed by atoms with Crippen LogP contribution in [0.15, 0.2) is 30.3 Å². The minimum Gasteiger partial charge on any atom is -0.308 e. The number of fused-ring (bicyclic) bond motifs is 1. The van der Waals surface area contributed by atoms with E-state index in [0.717, 1.165) is 39.5 Å². The molecule has 0 saturated heterocycles. The van der Waals surface area contributed by atoms with Crippen LogP contribution in [0, 0.1) is 34.1 Å². The molecular formula is C20H22ClN5O5S. The Labute approximate surface area is 194 Å². The molecule has 0 atom stereocenters. The second kappa shape index (κ2) is 9.98. The molecule has 0 fully saturated rings. The van der Waals surface area contributed by atoms with Crippen molar-refractivity contribution < 1.29 is 14.6 Å². The molecular weight excluding hydrogens is 458 g/mol. The number of thiazole rings is 1. The Morgan fingerprint density at radius 3 is 2.16 bits per heavy atom. The molecule has 0 aliphatic rings. The van der Waals surface area contributed by atoms with Crippen molar-refractivity contribution in [3.8, 4) is 0 Å². The summed E-state index contributed by atoms with van der Waals surface area (Å²) in [5.41, 5.74) is 1.71. The zero-order valence-corrected chi connectivity index (χ0v) is 19.5. The molecule has 0 radical (unpaired) electrons. The van der Waals surface area contributed by atoms with Gasteiger partial charge in [-0.25, -0.2) is 4.98 Å². The molecule has 0 aliphatic carbocycles. The van der Waals surface area contributed by atoms with Crippen molar-refractivity contribution in [3.63, 3.8) is 0 Å². The fraction of sp³-hybridized carbons (Fsp3) is 0.300. The number of hydrogen-bond acceptors (Lipinski definition) is 8. The molecule has 3 aromatic rings. The van der Waals surface area contributed by atoms with E-state index in [-0.39, 0.29) is 24.5 Å². The van der Waals surface area contributed by atoms with E-state index in [4.69, 9.17) is 0 Å². The van der Waals surface area contributed by atoms with Gasteiger partial charge in [-0.1, -0.05) is 17.4 Å². The molecule has 12 heteroatoms. The predicted octanol–water partition coefficient (Wildman–Crippen LogP) is 4.36. The van der Waals surface area contributed by atoms with Crippen molar-refractivity contribution in [2.24, 2.45) is 0 Å². The summed E-state index contributed by atoms with van der Waals surface area (Å²) in [6.07, 6.45) is 0. The van der Waals surface area contributed by atoms with E-state index in [1.54, 1.807) is 0 Å². The topological polar surface area (TPSA) is 123 Å². The third-order valence-corrected chi connectivity index (χ3v) is 5.94. The van der Waals surface area contributed by atoms with E-state index in [1.807, 2.05) is 45.0 Å². The van der Waals surface area contributed by atoms with Crippen molar-refractivity contribution in [2.75, 3.05) is 32.1 Å². The Hall–Kier alpha value is -3.15. The van der Waals surface area contributed by atoms with Gasteiger partial charge in [0.25, 0.3) is 17.3 Å². The fourth-order valence-electron chi connectivity index (χ4n) is 3.00. The quantitative estimate of drug-likeness (QED) is 0.364. The number of amides is 1. The number of aromatic nitrogens is 1. The van der Waals surface area contributed by atoms with Crippen LogP contribution in [0.5, 0.6) is 0 Å². The van der Waals surface area contributed by atoms with Gasteiger partial charge in [0.05, 0.1) is 31.7 Å². The Bertz CT molecular complexity index is 1160. The van der Waals surface area contributed by atoms with Gasteiger partial charge in [0, 0.05) is 25.2 Å². The smallest absolute Gasteiger partial charge is 0.277 e. The highest BCUT2D eigenvalue weighted by molar-refractivity contribution is 7.22. The molecule has 1 amide bonds. The number of nitro benzene ring substituents is 2. The number of non-ortho nitro benzene ring substituents is 2. The monoisotopic (exact) mass is 479 g/mol. The number of halogens is 1. The second-order valence-electron chi connectivity index (χ2n) is 7.36. The summed E-state index contributed by atoms with van der Waals surface area (Å²) in [6.45, 7) is 4.71. The van der Waals surface area contributed by atoms with Crippen LogP contribution in [-0.4, -0.2) is 52.8 Å². The summed E-state index contributed by atoms with van der Waals surface area (Å²) in [5.74, 6) is -0.581. The van der Waals surface area contributed by atoms with E-state index in [0.29, 0.717) is 11.7 Å². The maximum absolute atomic E-state index is 13.4. The van der Waals surface area contributed by atoms with E-state index >= 15 is 0 Å². The fourth-order valence-corrected chi connectivity index (χ4v) is 4.05. The molecule has 0 aliphatic heterocycles. The zero-order chi connectivity index (χ0) is 22.9. The first kappa shape index (κ1) is 25.1.